The number of piperidine rings is 1. The Bertz CT molecular complexity index is 501. The molecule has 6 heteroatoms. The molecule has 2 amide bonds. The molecule has 1 saturated heterocycles. The van der Waals surface area contributed by atoms with E-state index in [2.05, 4.69) is 17.6 Å². The molecular weight excluding hydrogens is 270 g/mol. The molecule has 1 aliphatic rings. The lowest BCUT2D eigenvalue weighted by atomic mass is 9.99. The molecule has 114 valence electrons. The van der Waals surface area contributed by atoms with Crippen molar-refractivity contribution < 1.29 is 14.3 Å². The van der Waals surface area contributed by atoms with Crippen LogP contribution in [0.2, 0.25) is 0 Å². The number of amides is 2. The summed E-state index contributed by atoms with van der Waals surface area (Å²) in [6.45, 7) is 2.90. The quantitative estimate of drug-likeness (QED) is 0.733. The van der Waals surface area contributed by atoms with Crippen LogP contribution >= 0.6 is 0 Å². The monoisotopic (exact) mass is 291 g/mol. The molecule has 1 aromatic rings. The second-order valence-corrected chi connectivity index (χ2v) is 5.24. The molecule has 1 aliphatic heterocycles. The average molecular weight is 291 g/mol. The molecule has 0 saturated carbocycles. The van der Waals surface area contributed by atoms with Crippen LogP contribution in [0.5, 0.6) is 5.75 Å². The molecule has 0 radical (unpaired) electrons. The molecule has 2 unspecified atom stereocenters. The highest BCUT2D eigenvalue weighted by molar-refractivity contribution is 5.94. The maximum Gasteiger partial charge on any atom is 0.255 e. The smallest absolute Gasteiger partial charge is 0.255 e. The molecule has 4 N–H and O–H groups in total. The van der Waals surface area contributed by atoms with E-state index in [1.165, 1.54) is 0 Å². The zero-order chi connectivity index (χ0) is 15.2. The van der Waals surface area contributed by atoms with Gasteiger partial charge in [0.05, 0.1) is 0 Å². The first-order valence-electron chi connectivity index (χ1n) is 7.11. The molecule has 1 fully saturated rings. The largest absolute Gasteiger partial charge is 0.484 e. The number of hydrogen-bond donors (Lipinski definition) is 3. The average Bonchev–Trinajstić information content (AvgIpc) is 2.48. The molecule has 2 rings (SSSR count). The SMILES string of the molecule is CC1NCCCC1NC(=O)c1ccc(OCC(N)=O)cc1. The first kappa shape index (κ1) is 15.3. The van der Waals surface area contributed by atoms with Crippen LogP contribution in [0.25, 0.3) is 0 Å². The van der Waals surface area contributed by atoms with Crippen molar-refractivity contribution in [3.8, 4) is 5.75 Å². The Hall–Kier alpha value is -2.08. The van der Waals surface area contributed by atoms with Crippen LogP contribution in [0, 0.1) is 0 Å². The zero-order valence-corrected chi connectivity index (χ0v) is 12.1. The van der Waals surface area contributed by atoms with Gasteiger partial charge < -0.3 is 21.1 Å². The van der Waals surface area contributed by atoms with Crippen molar-refractivity contribution in [2.45, 2.75) is 31.8 Å². The maximum atomic E-state index is 12.2. The van der Waals surface area contributed by atoms with Crippen LogP contribution in [-0.2, 0) is 4.79 Å². The lowest BCUT2D eigenvalue weighted by Gasteiger charge is -2.30. The number of benzene rings is 1. The van der Waals surface area contributed by atoms with Gasteiger partial charge in [0.25, 0.3) is 11.8 Å². The topological polar surface area (TPSA) is 93.4 Å². The summed E-state index contributed by atoms with van der Waals surface area (Å²) in [5.74, 6) is -0.120. The lowest BCUT2D eigenvalue weighted by molar-refractivity contribution is -0.119. The van der Waals surface area contributed by atoms with Crippen molar-refractivity contribution in [1.29, 1.82) is 0 Å². The molecule has 1 aromatic carbocycles. The number of nitrogens with one attached hydrogen (secondary N) is 2. The minimum absolute atomic E-state index is 0.1000. The molecule has 0 bridgehead atoms. The fourth-order valence-corrected chi connectivity index (χ4v) is 2.35. The summed E-state index contributed by atoms with van der Waals surface area (Å²) in [4.78, 5) is 22.8. The van der Waals surface area contributed by atoms with E-state index in [-0.39, 0.29) is 24.6 Å². The van der Waals surface area contributed by atoms with Crippen LogP contribution in [0.15, 0.2) is 24.3 Å². The van der Waals surface area contributed by atoms with Crippen molar-refractivity contribution in [1.82, 2.24) is 10.6 Å². The Labute approximate surface area is 124 Å². The first-order valence-corrected chi connectivity index (χ1v) is 7.11. The van der Waals surface area contributed by atoms with Crippen LogP contribution in [-0.4, -0.2) is 37.0 Å². The standard InChI is InChI=1S/C15H21N3O3/c1-10-13(3-2-8-17-10)18-15(20)11-4-6-12(7-5-11)21-9-14(16)19/h4-7,10,13,17H,2-3,8-9H2,1H3,(H2,16,19)(H,18,20). The van der Waals surface area contributed by atoms with E-state index in [9.17, 15) is 9.59 Å². The fourth-order valence-electron chi connectivity index (χ4n) is 2.35. The van der Waals surface area contributed by atoms with Crippen molar-refractivity contribution in [2.75, 3.05) is 13.2 Å². The summed E-state index contributed by atoms with van der Waals surface area (Å²) in [7, 11) is 0. The van der Waals surface area contributed by atoms with Crippen molar-refractivity contribution >= 4 is 11.8 Å². The number of ether oxygens (including phenoxy) is 1. The summed E-state index contributed by atoms with van der Waals surface area (Å²) in [5, 5.41) is 6.39. The van der Waals surface area contributed by atoms with Crippen LogP contribution in [0.1, 0.15) is 30.1 Å². The second-order valence-electron chi connectivity index (χ2n) is 5.24. The van der Waals surface area contributed by atoms with E-state index in [0.29, 0.717) is 11.3 Å². The third-order valence-electron chi connectivity index (χ3n) is 3.58. The molecular formula is C15H21N3O3. The molecule has 6 nitrogen and oxygen atoms in total. The van der Waals surface area contributed by atoms with Gasteiger partial charge in [0.2, 0.25) is 0 Å². The Kier molecular flexibility index (Phi) is 5.16. The number of nitrogens with two attached hydrogens (primary N) is 1. The number of carbonyl (C=O) groups excluding carboxylic acids is 2. The second kappa shape index (κ2) is 7.08. The Balaban J connectivity index is 1.91. The Morgan fingerprint density at radius 3 is 2.71 bits per heavy atom. The predicted octanol–water partition coefficient (Wildman–Crippen LogP) is 0.421. The van der Waals surface area contributed by atoms with Crippen LogP contribution in [0.3, 0.4) is 0 Å². The van der Waals surface area contributed by atoms with Gasteiger partial charge >= 0.3 is 0 Å². The van der Waals surface area contributed by atoms with Crippen molar-refractivity contribution in [2.24, 2.45) is 5.73 Å². The van der Waals surface area contributed by atoms with Gasteiger partial charge in [-0.05, 0) is 50.6 Å². The van der Waals surface area contributed by atoms with E-state index in [0.717, 1.165) is 19.4 Å². The number of primary amides is 1. The van der Waals surface area contributed by atoms with Crippen LogP contribution in [0.4, 0.5) is 0 Å². The summed E-state index contributed by atoms with van der Waals surface area (Å²) < 4.78 is 5.15. The predicted molar refractivity (Wildman–Crippen MR) is 79.1 cm³/mol. The van der Waals surface area contributed by atoms with Gasteiger partial charge in [0, 0.05) is 17.6 Å². The van der Waals surface area contributed by atoms with Gasteiger partial charge in [0.1, 0.15) is 5.75 Å². The highest BCUT2D eigenvalue weighted by atomic mass is 16.5. The van der Waals surface area contributed by atoms with Gasteiger partial charge in [-0.1, -0.05) is 0 Å². The molecule has 21 heavy (non-hydrogen) atoms. The Morgan fingerprint density at radius 1 is 1.38 bits per heavy atom. The molecule has 2 atom stereocenters. The Morgan fingerprint density at radius 2 is 2.10 bits per heavy atom. The van der Waals surface area contributed by atoms with Crippen molar-refractivity contribution in [3.63, 3.8) is 0 Å². The zero-order valence-electron chi connectivity index (χ0n) is 12.1. The molecule has 1 heterocycles. The maximum absolute atomic E-state index is 12.2. The minimum Gasteiger partial charge on any atom is -0.484 e. The number of hydrogen-bond acceptors (Lipinski definition) is 4. The first-order chi connectivity index (χ1) is 10.1. The summed E-state index contributed by atoms with van der Waals surface area (Å²) in [5.41, 5.74) is 5.57. The minimum atomic E-state index is -0.532. The number of rotatable bonds is 5. The van der Waals surface area contributed by atoms with E-state index in [1.807, 2.05) is 0 Å². The van der Waals surface area contributed by atoms with Gasteiger partial charge in [-0.2, -0.15) is 0 Å². The molecule has 0 aliphatic carbocycles. The third-order valence-corrected chi connectivity index (χ3v) is 3.58. The normalized spacial score (nSPS) is 21.6. The van der Waals surface area contributed by atoms with E-state index < -0.39 is 5.91 Å². The van der Waals surface area contributed by atoms with Crippen molar-refractivity contribution in [3.05, 3.63) is 29.8 Å². The number of carbonyl (C=O) groups is 2. The third kappa shape index (κ3) is 4.46. The van der Waals surface area contributed by atoms with E-state index in [4.69, 9.17) is 10.5 Å². The molecule has 0 aromatic heterocycles. The molecule has 0 spiro atoms. The van der Waals surface area contributed by atoms with Gasteiger partial charge in [-0.3, -0.25) is 9.59 Å². The van der Waals surface area contributed by atoms with Gasteiger partial charge in [0.15, 0.2) is 6.61 Å². The fraction of sp³-hybridized carbons (Fsp3) is 0.467. The highest BCUT2D eigenvalue weighted by Crippen LogP contribution is 2.13. The van der Waals surface area contributed by atoms with E-state index in [1.54, 1.807) is 24.3 Å². The van der Waals surface area contributed by atoms with Crippen LogP contribution < -0.4 is 21.1 Å². The summed E-state index contributed by atoms with van der Waals surface area (Å²) in [6.07, 6.45) is 2.05. The summed E-state index contributed by atoms with van der Waals surface area (Å²) >= 11 is 0. The van der Waals surface area contributed by atoms with E-state index >= 15 is 0 Å². The lowest BCUT2D eigenvalue weighted by Crippen LogP contribution is -2.51. The highest BCUT2D eigenvalue weighted by Gasteiger charge is 2.22. The van der Waals surface area contributed by atoms with Gasteiger partial charge in [-0.25, -0.2) is 0 Å². The summed E-state index contributed by atoms with van der Waals surface area (Å²) in [6, 6.07) is 7.08. The van der Waals surface area contributed by atoms with Gasteiger partial charge in [-0.15, -0.1) is 0 Å².